The standard InChI is InChI=1S/C21H26F3N3O2/c1-2-3-14-17(28)25-20(21(22,23)24)19(29)27(16-12-8-5-9-13-16)18(26-20)15-10-6-4-7-11-15/h4,6-7,10-11,16H,2-3,5,8-9,12-14H2,1H3,(H,25,28)/t20-/m0/s1. The van der Waals surface area contributed by atoms with E-state index < -0.39 is 23.7 Å². The molecule has 29 heavy (non-hydrogen) atoms. The second-order valence-corrected chi connectivity index (χ2v) is 7.63. The van der Waals surface area contributed by atoms with Crippen molar-refractivity contribution in [2.75, 3.05) is 0 Å². The van der Waals surface area contributed by atoms with Gasteiger partial charge in [-0.05, 0) is 19.3 Å². The quantitative estimate of drug-likeness (QED) is 0.767. The van der Waals surface area contributed by atoms with E-state index in [-0.39, 0.29) is 18.3 Å². The van der Waals surface area contributed by atoms with Gasteiger partial charge in [0.2, 0.25) is 5.91 Å². The lowest BCUT2D eigenvalue weighted by molar-refractivity contribution is -0.200. The number of carbonyl (C=O) groups is 2. The first-order valence-corrected chi connectivity index (χ1v) is 10.2. The Morgan fingerprint density at radius 2 is 1.86 bits per heavy atom. The van der Waals surface area contributed by atoms with Crippen molar-refractivity contribution in [3.63, 3.8) is 0 Å². The van der Waals surface area contributed by atoms with Crippen molar-refractivity contribution in [3.05, 3.63) is 35.9 Å². The highest BCUT2D eigenvalue weighted by molar-refractivity contribution is 6.16. The van der Waals surface area contributed by atoms with Crippen LogP contribution in [0.4, 0.5) is 13.2 Å². The van der Waals surface area contributed by atoms with Gasteiger partial charge >= 0.3 is 11.8 Å². The van der Waals surface area contributed by atoms with Crippen LogP contribution in [-0.4, -0.2) is 40.4 Å². The fourth-order valence-corrected chi connectivity index (χ4v) is 3.94. The van der Waals surface area contributed by atoms with E-state index in [0.29, 0.717) is 31.2 Å². The van der Waals surface area contributed by atoms with Gasteiger partial charge in [-0.2, -0.15) is 13.2 Å². The molecule has 1 saturated carbocycles. The van der Waals surface area contributed by atoms with Crippen molar-refractivity contribution >= 4 is 17.6 Å². The highest BCUT2D eigenvalue weighted by Crippen LogP contribution is 2.40. The highest BCUT2D eigenvalue weighted by atomic mass is 19.4. The maximum Gasteiger partial charge on any atom is 0.442 e. The SMILES string of the molecule is CCCCC(=O)N[C@]1(C(F)(F)F)N=C(c2ccccc2)N(C2CCCCC2)C1=O. The average Bonchev–Trinajstić information content (AvgIpc) is 3.01. The molecule has 1 aromatic rings. The largest absolute Gasteiger partial charge is 0.442 e. The molecule has 1 atom stereocenters. The zero-order chi connectivity index (χ0) is 21.1. The van der Waals surface area contributed by atoms with Gasteiger partial charge in [0.15, 0.2) is 0 Å². The molecular formula is C21H26F3N3O2. The summed E-state index contributed by atoms with van der Waals surface area (Å²) in [6.45, 7) is 1.84. The Hall–Kier alpha value is -2.38. The van der Waals surface area contributed by atoms with Crippen LogP contribution in [-0.2, 0) is 9.59 Å². The molecule has 1 N–H and O–H groups in total. The number of nitrogens with zero attached hydrogens (tertiary/aromatic N) is 2. The number of benzene rings is 1. The summed E-state index contributed by atoms with van der Waals surface area (Å²) in [5, 5.41) is 1.94. The molecule has 8 heteroatoms. The summed E-state index contributed by atoms with van der Waals surface area (Å²) in [7, 11) is 0. The third-order valence-corrected chi connectivity index (χ3v) is 5.49. The van der Waals surface area contributed by atoms with Crippen LogP contribution in [0.1, 0.15) is 63.9 Å². The molecule has 2 aliphatic rings. The van der Waals surface area contributed by atoms with Gasteiger partial charge in [-0.1, -0.05) is 62.9 Å². The highest BCUT2D eigenvalue weighted by Gasteiger charge is 2.67. The second kappa shape index (κ2) is 8.55. The molecule has 0 saturated heterocycles. The number of unbranched alkanes of at least 4 members (excludes halogenated alkanes) is 1. The molecule has 1 aromatic carbocycles. The molecule has 0 bridgehead atoms. The van der Waals surface area contributed by atoms with Crippen molar-refractivity contribution in [1.29, 1.82) is 0 Å². The summed E-state index contributed by atoms with van der Waals surface area (Å²) >= 11 is 0. The van der Waals surface area contributed by atoms with Crippen LogP contribution < -0.4 is 5.32 Å². The lowest BCUT2D eigenvalue weighted by Crippen LogP contribution is -2.64. The maximum atomic E-state index is 14.2. The molecule has 1 heterocycles. The number of rotatable bonds is 6. The molecule has 0 radical (unpaired) electrons. The van der Waals surface area contributed by atoms with E-state index in [0.717, 1.165) is 19.3 Å². The summed E-state index contributed by atoms with van der Waals surface area (Å²) in [6, 6.07) is 8.03. The molecule has 1 aliphatic heterocycles. The van der Waals surface area contributed by atoms with Crippen LogP contribution in [0.15, 0.2) is 35.3 Å². The molecule has 0 unspecified atom stereocenters. The number of alkyl halides is 3. The molecule has 0 aromatic heterocycles. The van der Waals surface area contributed by atoms with Crippen LogP contribution in [0.25, 0.3) is 0 Å². The molecule has 1 aliphatic carbocycles. The van der Waals surface area contributed by atoms with Gasteiger partial charge < -0.3 is 5.32 Å². The first-order valence-electron chi connectivity index (χ1n) is 10.2. The molecule has 158 valence electrons. The van der Waals surface area contributed by atoms with E-state index in [1.165, 1.54) is 4.90 Å². The zero-order valence-corrected chi connectivity index (χ0v) is 16.5. The van der Waals surface area contributed by atoms with Crippen molar-refractivity contribution in [2.24, 2.45) is 4.99 Å². The average molecular weight is 409 g/mol. The van der Waals surface area contributed by atoms with Crippen LogP contribution in [0, 0.1) is 0 Å². The van der Waals surface area contributed by atoms with Gasteiger partial charge in [0, 0.05) is 18.0 Å². The number of amidine groups is 1. The molecule has 2 amide bonds. The minimum atomic E-state index is -5.05. The fraction of sp³-hybridized carbons (Fsp3) is 0.571. The van der Waals surface area contributed by atoms with Gasteiger partial charge in [-0.15, -0.1) is 0 Å². The predicted octanol–water partition coefficient (Wildman–Crippen LogP) is 4.17. The van der Waals surface area contributed by atoms with E-state index in [1.54, 1.807) is 30.3 Å². The van der Waals surface area contributed by atoms with Gasteiger partial charge in [0.05, 0.1) is 0 Å². The molecule has 1 fully saturated rings. The fourth-order valence-electron chi connectivity index (χ4n) is 3.94. The Morgan fingerprint density at radius 3 is 2.45 bits per heavy atom. The normalized spacial score (nSPS) is 23.2. The third kappa shape index (κ3) is 4.16. The summed E-state index contributed by atoms with van der Waals surface area (Å²) in [4.78, 5) is 30.5. The Balaban J connectivity index is 2.06. The van der Waals surface area contributed by atoms with Crippen LogP contribution >= 0.6 is 0 Å². The second-order valence-electron chi connectivity index (χ2n) is 7.63. The minimum absolute atomic E-state index is 0.0179. The topological polar surface area (TPSA) is 61.8 Å². The third-order valence-electron chi connectivity index (χ3n) is 5.49. The predicted molar refractivity (Wildman–Crippen MR) is 103 cm³/mol. The van der Waals surface area contributed by atoms with Gasteiger partial charge in [0.1, 0.15) is 5.84 Å². The monoisotopic (exact) mass is 409 g/mol. The number of hydrogen-bond donors (Lipinski definition) is 1. The maximum absolute atomic E-state index is 14.2. The van der Waals surface area contributed by atoms with Crippen molar-refractivity contribution < 1.29 is 22.8 Å². The summed E-state index contributed by atoms with van der Waals surface area (Å²) in [5.74, 6) is -2.05. The Morgan fingerprint density at radius 1 is 1.21 bits per heavy atom. The first kappa shape index (κ1) is 21.3. The molecule has 3 rings (SSSR count). The Bertz CT molecular complexity index is 773. The molecule has 5 nitrogen and oxygen atoms in total. The zero-order valence-electron chi connectivity index (χ0n) is 16.5. The van der Waals surface area contributed by atoms with E-state index in [1.807, 2.05) is 12.2 Å². The van der Waals surface area contributed by atoms with Crippen LogP contribution in [0.5, 0.6) is 0 Å². The molecule has 0 spiro atoms. The Kier molecular flexibility index (Phi) is 6.29. The van der Waals surface area contributed by atoms with E-state index in [9.17, 15) is 22.8 Å². The molecular weight excluding hydrogens is 383 g/mol. The number of halogens is 3. The number of aliphatic imine (C=N–C) groups is 1. The van der Waals surface area contributed by atoms with Crippen molar-refractivity contribution in [2.45, 2.75) is 76.2 Å². The lowest BCUT2D eigenvalue weighted by atomic mass is 9.93. The van der Waals surface area contributed by atoms with E-state index in [4.69, 9.17) is 0 Å². The summed E-state index contributed by atoms with van der Waals surface area (Å²) in [6.07, 6.45) is -0.102. The number of amides is 2. The smallest absolute Gasteiger partial charge is 0.316 e. The number of carbonyl (C=O) groups excluding carboxylic acids is 2. The lowest BCUT2D eigenvalue weighted by Gasteiger charge is -2.34. The van der Waals surface area contributed by atoms with Crippen molar-refractivity contribution in [3.8, 4) is 0 Å². The summed E-state index contributed by atoms with van der Waals surface area (Å²) < 4.78 is 42.6. The first-order chi connectivity index (χ1) is 13.8. The number of hydrogen-bond acceptors (Lipinski definition) is 3. The Labute approximate surface area is 168 Å². The van der Waals surface area contributed by atoms with Gasteiger partial charge in [0.25, 0.3) is 5.91 Å². The summed E-state index contributed by atoms with van der Waals surface area (Å²) in [5.41, 5.74) is -2.83. The number of nitrogens with one attached hydrogen (secondary N) is 1. The van der Waals surface area contributed by atoms with E-state index >= 15 is 0 Å². The van der Waals surface area contributed by atoms with Gasteiger partial charge in [-0.3, -0.25) is 14.5 Å². The van der Waals surface area contributed by atoms with Gasteiger partial charge in [-0.25, -0.2) is 4.99 Å². The van der Waals surface area contributed by atoms with E-state index in [2.05, 4.69) is 4.99 Å². The van der Waals surface area contributed by atoms with Crippen LogP contribution in [0.2, 0.25) is 0 Å². The van der Waals surface area contributed by atoms with Crippen molar-refractivity contribution in [1.82, 2.24) is 10.2 Å². The minimum Gasteiger partial charge on any atom is -0.316 e. The van der Waals surface area contributed by atoms with Crippen LogP contribution in [0.3, 0.4) is 0 Å².